The molecule has 9 heteroatoms. The molecule has 0 N–H and O–H groups in total. The van der Waals surface area contributed by atoms with Crippen LogP contribution in [0.25, 0.3) is 0 Å². The Hall–Kier alpha value is 0.429. The van der Waals surface area contributed by atoms with Gasteiger partial charge in [-0.1, -0.05) is 0 Å². The minimum atomic E-state index is -3.63. The molecule has 0 amide bonds. The second-order valence-electron chi connectivity index (χ2n) is 0.500. The molecule has 0 aliphatic rings. The fraction of sp³-hybridized carbons (Fsp3) is 0. The third-order valence-electron chi connectivity index (χ3n) is 0. The van der Waals surface area contributed by atoms with E-state index in [9.17, 15) is 0 Å². The Morgan fingerprint density at radius 1 is 0.778 bits per heavy atom. The van der Waals surface area contributed by atoms with Gasteiger partial charge in [-0.2, -0.15) is 0 Å². The Labute approximate surface area is 81.6 Å². The molecule has 0 heterocycles. The van der Waals surface area contributed by atoms with Crippen LogP contribution in [0.15, 0.2) is 0 Å². The van der Waals surface area contributed by atoms with Crippen molar-refractivity contribution in [1.29, 1.82) is 0 Å². The van der Waals surface area contributed by atoms with Crippen LogP contribution in [-0.2, 0) is 8.92 Å². The van der Waals surface area contributed by atoms with Gasteiger partial charge < -0.3 is 28.1 Å². The topological polar surface area (TPSA) is 126 Å². The summed E-state index contributed by atoms with van der Waals surface area (Å²) in [5.41, 5.74) is 0. The van der Waals surface area contributed by atoms with Gasteiger partial charge in [0.15, 0.2) is 0 Å². The van der Waals surface area contributed by atoms with Gasteiger partial charge in [-0.15, -0.1) is 0 Å². The first-order valence-electron chi connectivity index (χ1n) is 1.22. The van der Waals surface area contributed by atoms with Crippen molar-refractivity contribution in [3.63, 3.8) is 0 Å². The molecule has 0 aromatic rings. The van der Waals surface area contributed by atoms with Gasteiger partial charge in [0.2, 0.25) is 0 Å². The summed E-state index contributed by atoms with van der Waals surface area (Å²) in [7, 11) is -7.26. The van der Waals surface area contributed by atoms with Gasteiger partial charge in [-0.05, 0) is 0 Å². The average molecular weight is 291 g/mol. The summed E-state index contributed by atoms with van der Waals surface area (Å²) in [4.78, 5) is 34.1. The van der Waals surface area contributed by atoms with Crippen LogP contribution >= 0.6 is 0 Å². The molecule has 0 aromatic carbocycles. The van der Waals surface area contributed by atoms with Crippen molar-refractivity contribution in [2.24, 2.45) is 0 Å². The van der Waals surface area contributed by atoms with E-state index >= 15 is 0 Å². The Morgan fingerprint density at radius 3 is 0.778 bits per heavy atom. The van der Waals surface area contributed by atoms with Crippen molar-refractivity contribution in [2.45, 2.75) is 0 Å². The molecular weight excluding hydrogens is 291 g/mol. The molecule has 0 aliphatic heterocycles. The molecule has 0 saturated heterocycles. The summed E-state index contributed by atoms with van der Waals surface area (Å²) in [6.45, 7) is 0. The largest absolute Gasteiger partial charge is 3.00 e. The van der Waals surface area contributed by atoms with Crippen molar-refractivity contribution in [3.8, 4) is 0 Å². The van der Waals surface area contributed by atoms with Crippen LogP contribution in [0.2, 0.25) is 0 Å². The van der Waals surface area contributed by atoms with Crippen LogP contribution in [0.3, 0.4) is 0 Å². The molecule has 0 rings (SSSR count). The van der Waals surface area contributed by atoms with E-state index in [-0.39, 0.29) is 35.6 Å². The number of hydrogen-bond donors (Lipinski definition) is 0. The molecule has 0 fully saturated rings. The fourth-order valence-electron chi connectivity index (χ4n) is 0. The summed E-state index contributed by atoms with van der Waals surface area (Å²) in [6, 6.07) is 0. The zero-order valence-corrected chi connectivity index (χ0v) is 9.65. The molecular formula is LaO6Si2-. The minimum absolute atomic E-state index is 0. The number of rotatable bonds is 0. The van der Waals surface area contributed by atoms with Gasteiger partial charge in [-0.25, -0.2) is 0 Å². The van der Waals surface area contributed by atoms with Crippen LogP contribution in [0.5, 0.6) is 0 Å². The molecule has 0 spiro atoms. The van der Waals surface area contributed by atoms with Gasteiger partial charge in [0.25, 0.3) is 0 Å². The molecule has 9 heavy (non-hydrogen) atoms. The van der Waals surface area contributed by atoms with Gasteiger partial charge >= 0.3 is 35.6 Å². The Kier molecular flexibility index (Phi) is 20.3. The smallest absolute Gasteiger partial charge is 0.672 e. The molecule has 0 aromatic heterocycles. The standard InChI is InChI=1S/La.2O3Si/c;2*1-4(2)3/q+3;2*-2. The normalized spacial score (nSPS) is 5.33. The van der Waals surface area contributed by atoms with E-state index in [1.165, 1.54) is 0 Å². The quantitative estimate of drug-likeness (QED) is 0.409. The third kappa shape index (κ3) is 1900. The SMILES string of the molecule is O=[Si]([O-])[O-].O=[Si]([O-])[O-].[La+3]. The maximum absolute atomic E-state index is 8.52. The van der Waals surface area contributed by atoms with Crippen LogP contribution < -0.4 is 19.2 Å². The average Bonchev–Trinajstić information content (AvgIpc) is 1.25. The van der Waals surface area contributed by atoms with E-state index in [1.54, 1.807) is 0 Å². The van der Waals surface area contributed by atoms with E-state index in [4.69, 9.17) is 28.1 Å². The molecule has 6 nitrogen and oxygen atoms in total. The van der Waals surface area contributed by atoms with Crippen molar-refractivity contribution < 1.29 is 63.7 Å². The molecule has 0 saturated carbocycles. The van der Waals surface area contributed by atoms with Gasteiger partial charge in [0.1, 0.15) is 0 Å². The summed E-state index contributed by atoms with van der Waals surface area (Å²) in [5, 5.41) is 0. The maximum Gasteiger partial charge on any atom is 3.00 e. The first-order valence-corrected chi connectivity index (χ1v) is 3.67. The van der Waals surface area contributed by atoms with Gasteiger partial charge in [-0.3, -0.25) is 0 Å². The first-order chi connectivity index (χ1) is 3.46. The van der Waals surface area contributed by atoms with Crippen molar-refractivity contribution in [3.05, 3.63) is 0 Å². The van der Waals surface area contributed by atoms with Crippen molar-refractivity contribution in [1.82, 2.24) is 0 Å². The molecule has 0 aliphatic carbocycles. The van der Waals surface area contributed by atoms with Crippen LogP contribution in [0, 0.1) is 35.6 Å². The van der Waals surface area contributed by atoms with E-state index in [0.717, 1.165) is 0 Å². The summed E-state index contributed by atoms with van der Waals surface area (Å²) in [6.07, 6.45) is 0. The predicted molar refractivity (Wildman–Crippen MR) is 12.9 cm³/mol. The molecule has 0 radical (unpaired) electrons. The Balaban J connectivity index is -0.0000000720. The first kappa shape index (κ1) is 16.2. The Morgan fingerprint density at radius 2 is 0.778 bits per heavy atom. The second-order valence-corrected chi connectivity index (χ2v) is 1.50. The van der Waals surface area contributed by atoms with E-state index in [2.05, 4.69) is 0 Å². The molecule has 48 valence electrons. The second kappa shape index (κ2) is 11.3. The van der Waals surface area contributed by atoms with Crippen LogP contribution in [0.1, 0.15) is 0 Å². The van der Waals surface area contributed by atoms with E-state index in [0.29, 0.717) is 0 Å². The monoisotopic (exact) mass is 291 g/mol. The predicted octanol–water partition coefficient (Wildman–Crippen LogP) is -5.76. The van der Waals surface area contributed by atoms with Crippen molar-refractivity contribution in [2.75, 3.05) is 0 Å². The summed E-state index contributed by atoms with van der Waals surface area (Å²) >= 11 is 0. The maximum atomic E-state index is 8.52. The summed E-state index contributed by atoms with van der Waals surface area (Å²) in [5.74, 6) is 0. The van der Waals surface area contributed by atoms with E-state index in [1.807, 2.05) is 0 Å². The fourth-order valence-corrected chi connectivity index (χ4v) is 0. The zero-order valence-electron chi connectivity index (χ0n) is 4.03. The zero-order chi connectivity index (χ0) is 7.15. The van der Waals surface area contributed by atoms with E-state index < -0.39 is 18.3 Å². The molecule has 0 bridgehead atoms. The van der Waals surface area contributed by atoms with Crippen molar-refractivity contribution >= 4 is 18.3 Å². The van der Waals surface area contributed by atoms with Crippen LogP contribution in [0.4, 0.5) is 0 Å². The van der Waals surface area contributed by atoms with Gasteiger partial charge in [0.05, 0.1) is 0 Å². The minimum Gasteiger partial charge on any atom is -0.672 e. The van der Waals surface area contributed by atoms with Gasteiger partial charge in [0, 0.05) is 18.3 Å². The molecule has 0 unspecified atom stereocenters. The summed E-state index contributed by atoms with van der Waals surface area (Å²) < 4.78 is 17.0. The third-order valence-corrected chi connectivity index (χ3v) is 0. The van der Waals surface area contributed by atoms with Crippen LogP contribution in [-0.4, -0.2) is 18.3 Å². The Bertz CT molecular complexity index is 69.1. The molecule has 0 atom stereocenters. The number of hydrogen-bond acceptors (Lipinski definition) is 6.